The van der Waals surface area contributed by atoms with E-state index in [9.17, 15) is 0 Å². The number of ether oxygens (including phenoxy) is 1. The van der Waals surface area contributed by atoms with Gasteiger partial charge in [0.25, 0.3) is 0 Å². The number of nitrogens with zero attached hydrogens (tertiary/aromatic N) is 2. The average Bonchev–Trinajstić information content (AvgIpc) is 2.87. The van der Waals surface area contributed by atoms with Crippen LogP contribution in [-0.2, 0) is 6.42 Å². The highest BCUT2D eigenvalue weighted by molar-refractivity contribution is 9.10. The molecule has 1 unspecified atom stereocenters. The summed E-state index contributed by atoms with van der Waals surface area (Å²) >= 11 is 3.56. The van der Waals surface area contributed by atoms with Crippen molar-refractivity contribution in [2.75, 3.05) is 7.11 Å². The van der Waals surface area contributed by atoms with Gasteiger partial charge in [-0.05, 0) is 53.9 Å². The van der Waals surface area contributed by atoms with Gasteiger partial charge >= 0.3 is 0 Å². The first kappa shape index (κ1) is 16.0. The van der Waals surface area contributed by atoms with Gasteiger partial charge in [-0.15, -0.1) is 0 Å². The summed E-state index contributed by atoms with van der Waals surface area (Å²) in [6.45, 7) is 4.20. The molecule has 0 saturated carbocycles. The average molecular weight is 353 g/mol. The Labute approximate surface area is 133 Å². The molecule has 0 aliphatic rings. The van der Waals surface area contributed by atoms with E-state index in [0.717, 1.165) is 22.3 Å². The monoisotopic (exact) mass is 352 g/mol. The van der Waals surface area contributed by atoms with E-state index >= 15 is 0 Å². The number of nitrogens with one attached hydrogen (secondary N) is 1. The van der Waals surface area contributed by atoms with Crippen molar-refractivity contribution >= 4 is 15.9 Å². The van der Waals surface area contributed by atoms with Crippen LogP contribution in [0.3, 0.4) is 0 Å². The van der Waals surface area contributed by atoms with Gasteiger partial charge in [-0.3, -0.25) is 16.0 Å². The number of benzene rings is 1. The molecule has 2 rings (SSSR count). The van der Waals surface area contributed by atoms with Gasteiger partial charge in [0.15, 0.2) is 0 Å². The SMILES string of the molecule is COc1ccc(CC(NN)c2c(Br)cnn2C(C)C)cc1. The molecule has 0 aliphatic heterocycles. The third-order valence-corrected chi connectivity index (χ3v) is 4.02. The Balaban J connectivity index is 2.25. The van der Waals surface area contributed by atoms with Crippen LogP contribution in [0.4, 0.5) is 0 Å². The van der Waals surface area contributed by atoms with E-state index in [1.807, 2.05) is 35.1 Å². The molecule has 114 valence electrons. The third kappa shape index (κ3) is 3.64. The predicted octanol–water partition coefficient (Wildman–Crippen LogP) is 2.98. The van der Waals surface area contributed by atoms with Crippen molar-refractivity contribution in [3.8, 4) is 5.75 Å². The lowest BCUT2D eigenvalue weighted by Gasteiger charge is -2.20. The van der Waals surface area contributed by atoms with Crippen LogP contribution < -0.4 is 16.0 Å². The smallest absolute Gasteiger partial charge is 0.118 e. The molecule has 2 aromatic rings. The predicted molar refractivity (Wildman–Crippen MR) is 87.1 cm³/mol. The van der Waals surface area contributed by atoms with E-state index in [0.29, 0.717) is 0 Å². The van der Waals surface area contributed by atoms with Crippen molar-refractivity contribution in [1.29, 1.82) is 0 Å². The number of aromatic nitrogens is 2. The molecule has 0 spiro atoms. The molecule has 0 radical (unpaired) electrons. The zero-order valence-corrected chi connectivity index (χ0v) is 14.1. The standard InChI is InChI=1S/C15H21BrN4O/c1-10(2)20-15(13(16)9-18-20)14(19-17)8-11-4-6-12(21-3)7-5-11/h4-7,9-10,14,19H,8,17H2,1-3H3. The molecule has 0 fully saturated rings. The van der Waals surface area contributed by atoms with Crippen molar-refractivity contribution in [2.45, 2.75) is 32.4 Å². The summed E-state index contributed by atoms with van der Waals surface area (Å²) in [7, 11) is 1.66. The van der Waals surface area contributed by atoms with Crippen molar-refractivity contribution < 1.29 is 4.74 Å². The summed E-state index contributed by atoms with van der Waals surface area (Å²) in [5, 5.41) is 4.41. The Bertz CT molecular complexity index is 580. The topological polar surface area (TPSA) is 65.1 Å². The van der Waals surface area contributed by atoms with Crippen LogP contribution >= 0.6 is 15.9 Å². The summed E-state index contributed by atoms with van der Waals surface area (Å²) in [6, 6.07) is 8.27. The van der Waals surface area contributed by atoms with E-state index < -0.39 is 0 Å². The molecule has 6 heteroatoms. The highest BCUT2D eigenvalue weighted by Gasteiger charge is 2.20. The van der Waals surface area contributed by atoms with Gasteiger partial charge < -0.3 is 4.74 Å². The first-order valence-corrected chi connectivity index (χ1v) is 7.68. The fraction of sp³-hybridized carbons (Fsp3) is 0.400. The maximum atomic E-state index is 5.77. The molecule has 1 aromatic heterocycles. The van der Waals surface area contributed by atoms with Crippen LogP contribution in [0.25, 0.3) is 0 Å². The molecule has 0 aliphatic carbocycles. The van der Waals surface area contributed by atoms with E-state index in [2.05, 4.69) is 40.3 Å². The van der Waals surface area contributed by atoms with Gasteiger partial charge in [-0.1, -0.05) is 12.1 Å². The molecular weight excluding hydrogens is 332 g/mol. The first-order chi connectivity index (χ1) is 10.1. The number of methoxy groups -OCH3 is 1. The van der Waals surface area contributed by atoms with Crippen LogP contribution in [0.2, 0.25) is 0 Å². The van der Waals surface area contributed by atoms with Crippen molar-refractivity contribution in [2.24, 2.45) is 5.84 Å². The van der Waals surface area contributed by atoms with E-state index in [1.165, 1.54) is 5.56 Å². The molecule has 3 N–H and O–H groups in total. The normalized spacial score (nSPS) is 12.7. The van der Waals surface area contributed by atoms with E-state index in [4.69, 9.17) is 10.6 Å². The number of hydrazine groups is 1. The minimum Gasteiger partial charge on any atom is -0.497 e. The molecule has 1 aromatic carbocycles. The highest BCUT2D eigenvalue weighted by Crippen LogP contribution is 2.28. The first-order valence-electron chi connectivity index (χ1n) is 6.88. The molecule has 0 saturated heterocycles. The summed E-state index contributed by atoms with van der Waals surface area (Å²) in [5.41, 5.74) is 5.14. The molecule has 5 nitrogen and oxygen atoms in total. The zero-order chi connectivity index (χ0) is 15.4. The van der Waals surface area contributed by atoms with Gasteiger partial charge in [-0.2, -0.15) is 5.10 Å². The fourth-order valence-electron chi connectivity index (χ4n) is 2.32. The Morgan fingerprint density at radius 2 is 2.00 bits per heavy atom. The maximum Gasteiger partial charge on any atom is 0.118 e. The number of halogens is 1. The van der Waals surface area contributed by atoms with Crippen molar-refractivity contribution in [1.82, 2.24) is 15.2 Å². The molecular formula is C15H21BrN4O. The molecule has 1 atom stereocenters. The van der Waals surface area contributed by atoms with Gasteiger partial charge in [-0.25, -0.2) is 0 Å². The van der Waals surface area contributed by atoms with Gasteiger partial charge in [0, 0.05) is 6.04 Å². The number of hydrogen-bond donors (Lipinski definition) is 2. The second-order valence-electron chi connectivity index (χ2n) is 5.19. The summed E-state index contributed by atoms with van der Waals surface area (Å²) in [5.74, 6) is 6.62. The van der Waals surface area contributed by atoms with Crippen LogP contribution in [0, 0.1) is 0 Å². The number of nitrogens with two attached hydrogens (primary N) is 1. The highest BCUT2D eigenvalue weighted by atomic mass is 79.9. The number of rotatable bonds is 6. The number of hydrogen-bond acceptors (Lipinski definition) is 4. The summed E-state index contributed by atoms with van der Waals surface area (Å²) in [4.78, 5) is 0. The zero-order valence-electron chi connectivity index (χ0n) is 12.5. The lowest BCUT2D eigenvalue weighted by Crippen LogP contribution is -2.32. The minimum atomic E-state index is -0.0160. The molecule has 1 heterocycles. The third-order valence-electron chi connectivity index (χ3n) is 3.41. The Hall–Kier alpha value is -1.37. The van der Waals surface area contributed by atoms with Crippen LogP contribution in [0.15, 0.2) is 34.9 Å². The minimum absolute atomic E-state index is 0.0160. The molecule has 21 heavy (non-hydrogen) atoms. The lowest BCUT2D eigenvalue weighted by molar-refractivity contribution is 0.414. The molecule has 0 amide bonds. The van der Waals surface area contributed by atoms with Crippen molar-refractivity contribution in [3.05, 3.63) is 46.2 Å². The van der Waals surface area contributed by atoms with Crippen molar-refractivity contribution in [3.63, 3.8) is 0 Å². The van der Waals surface area contributed by atoms with Gasteiger partial charge in [0.05, 0.1) is 29.5 Å². The maximum absolute atomic E-state index is 5.77. The quantitative estimate of drug-likeness (QED) is 0.619. The Morgan fingerprint density at radius 3 is 2.52 bits per heavy atom. The van der Waals surface area contributed by atoms with E-state index in [-0.39, 0.29) is 12.1 Å². The Morgan fingerprint density at radius 1 is 1.33 bits per heavy atom. The molecule has 0 bridgehead atoms. The van der Waals surface area contributed by atoms with Crippen LogP contribution in [-0.4, -0.2) is 16.9 Å². The van der Waals surface area contributed by atoms with Crippen LogP contribution in [0.1, 0.15) is 37.2 Å². The summed E-state index contributed by atoms with van der Waals surface area (Å²) < 4.78 is 8.13. The second-order valence-corrected chi connectivity index (χ2v) is 6.04. The Kier molecular flexibility index (Phi) is 5.39. The largest absolute Gasteiger partial charge is 0.497 e. The van der Waals surface area contributed by atoms with E-state index in [1.54, 1.807) is 7.11 Å². The van der Waals surface area contributed by atoms with Gasteiger partial charge in [0.2, 0.25) is 0 Å². The van der Waals surface area contributed by atoms with Gasteiger partial charge in [0.1, 0.15) is 5.75 Å². The van der Waals surface area contributed by atoms with Crippen LogP contribution in [0.5, 0.6) is 5.75 Å². The lowest BCUT2D eigenvalue weighted by atomic mass is 10.0. The second kappa shape index (κ2) is 7.06. The fourth-order valence-corrected chi connectivity index (χ4v) is 2.87. The summed E-state index contributed by atoms with van der Waals surface area (Å²) in [6.07, 6.45) is 2.59.